The zero-order valence-corrected chi connectivity index (χ0v) is 11.8. The highest BCUT2D eigenvalue weighted by molar-refractivity contribution is 4.92. The molecule has 2 atom stereocenters. The second-order valence-corrected chi connectivity index (χ2v) is 5.50. The highest BCUT2D eigenvalue weighted by Crippen LogP contribution is 2.30. The normalized spacial score (nSPS) is 25.3. The molecule has 19 heavy (non-hydrogen) atoms. The number of nitrogens with two attached hydrogens (primary N) is 1. The van der Waals surface area contributed by atoms with E-state index in [4.69, 9.17) is 10.5 Å². The number of rotatable bonds is 6. The highest BCUT2D eigenvalue weighted by Gasteiger charge is 2.37. The third-order valence-corrected chi connectivity index (χ3v) is 4.01. The minimum absolute atomic E-state index is 0.130. The van der Waals surface area contributed by atoms with Crippen LogP contribution >= 0.6 is 0 Å². The third-order valence-electron chi connectivity index (χ3n) is 4.01. The maximum absolute atomic E-state index is 12.3. The van der Waals surface area contributed by atoms with Gasteiger partial charge in [0.25, 0.3) is 0 Å². The summed E-state index contributed by atoms with van der Waals surface area (Å²) in [6.45, 7) is 6.44. The third kappa shape index (κ3) is 4.93. The Labute approximate surface area is 113 Å². The van der Waals surface area contributed by atoms with Crippen LogP contribution in [0.15, 0.2) is 0 Å². The number of ether oxygens (including phenoxy) is 1. The number of morpholine rings is 1. The number of alkyl halides is 3. The second-order valence-electron chi connectivity index (χ2n) is 5.50. The van der Waals surface area contributed by atoms with Gasteiger partial charge in [-0.05, 0) is 26.2 Å². The summed E-state index contributed by atoms with van der Waals surface area (Å²) in [5, 5.41) is 0. The van der Waals surface area contributed by atoms with E-state index < -0.39 is 12.6 Å². The van der Waals surface area contributed by atoms with Gasteiger partial charge >= 0.3 is 6.18 Å². The topological polar surface area (TPSA) is 38.5 Å². The van der Waals surface area contributed by atoms with E-state index in [0.717, 1.165) is 13.0 Å². The van der Waals surface area contributed by atoms with Crippen molar-refractivity contribution in [3.63, 3.8) is 0 Å². The molecular weight excluding hydrogens is 257 g/mol. The lowest BCUT2D eigenvalue weighted by Gasteiger charge is -2.47. The van der Waals surface area contributed by atoms with Crippen LogP contribution < -0.4 is 5.73 Å². The van der Waals surface area contributed by atoms with Crippen LogP contribution in [0.2, 0.25) is 0 Å². The average Bonchev–Trinajstić information content (AvgIpc) is 2.37. The van der Waals surface area contributed by atoms with Crippen molar-refractivity contribution in [3.05, 3.63) is 0 Å². The molecule has 0 saturated carbocycles. The molecular formula is C13H25F3N2O. The SMILES string of the molecule is CCC1COCCN1C(C)(CN)CCCC(F)(F)F. The lowest BCUT2D eigenvalue weighted by molar-refractivity contribution is -0.138. The van der Waals surface area contributed by atoms with E-state index in [1.54, 1.807) is 0 Å². The van der Waals surface area contributed by atoms with E-state index in [1.165, 1.54) is 0 Å². The van der Waals surface area contributed by atoms with Crippen LogP contribution in [0, 0.1) is 0 Å². The van der Waals surface area contributed by atoms with Gasteiger partial charge < -0.3 is 10.5 Å². The van der Waals surface area contributed by atoms with Crippen LogP contribution in [0.4, 0.5) is 13.2 Å². The molecule has 1 saturated heterocycles. The van der Waals surface area contributed by atoms with Gasteiger partial charge in [-0.15, -0.1) is 0 Å². The summed E-state index contributed by atoms with van der Waals surface area (Å²) in [4.78, 5) is 2.24. The van der Waals surface area contributed by atoms with Crippen LogP contribution in [0.3, 0.4) is 0 Å². The predicted molar refractivity (Wildman–Crippen MR) is 69.0 cm³/mol. The second kappa shape index (κ2) is 6.90. The largest absolute Gasteiger partial charge is 0.389 e. The molecule has 1 rings (SSSR count). The fourth-order valence-corrected chi connectivity index (χ4v) is 2.74. The van der Waals surface area contributed by atoms with Crippen molar-refractivity contribution in [1.29, 1.82) is 0 Å². The molecule has 6 heteroatoms. The van der Waals surface area contributed by atoms with E-state index in [9.17, 15) is 13.2 Å². The summed E-state index contributed by atoms with van der Waals surface area (Å²) in [5.74, 6) is 0. The molecule has 0 aromatic carbocycles. The maximum Gasteiger partial charge on any atom is 0.389 e. The first kappa shape index (κ1) is 16.7. The van der Waals surface area contributed by atoms with E-state index >= 15 is 0 Å². The van der Waals surface area contributed by atoms with Gasteiger partial charge in [0.2, 0.25) is 0 Å². The molecule has 0 aliphatic carbocycles. The molecule has 2 N–H and O–H groups in total. The first-order valence-electron chi connectivity index (χ1n) is 6.93. The molecule has 1 fully saturated rings. The molecule has 1 aliphatic heterocycles. The van der Waals surface area contributed by atoms with Crippen LogP contribution in [0.5, 0.6) is 0 Å². The molecule has 0 aromatic rings. The Hall–Kier alpha value is -0.330. The average molecular weight is 282 g/mol. The van der Waals surface area contributed by atoms with Gasteiger partial charge in [0, 0.05) is 31.1 Å². The predicted octanol–water partition coefficient (Wildman–Crippen LogP) is 2.55. The number of halogens is 3. The lowest BCUT2D eigenvalue weighted by atomic mass is 9.90. The molecule has 3 nitrogen and oxygen atoms in total. The molecule has 1 aliphatic rings. The molecule has 0 radical (unpaired) electrons. The van der Waals surface area contributed by atoms with Crippen LogP contribution in [-0.4, -0.2) is 49.0 Å². The molecule has 0 bridgehead atoms. The Kier molecular flexibility index (Phi) is 6.08. The summed E-state index contributed by atoms with van der Waals surface area (Å²) >= 11 is 0. The maximum atomic E-state index is 12.3. The summed E-state index contributed by atoms with van der Waals surface area (Å²) in [5.41, 5.74) is 5.48. The minimum Gasteiger partial charge on any atom is -0.378 e. The Bertz CT molecular complexity index is 273. The fourth-order valence-electron chi connectivity index (χ4n) is 2.74. The molecule has 114 valence electrons. The molecule has 2 unspecified atom stereocenters. The van der Waals surface area contributed by atoms with Gasteiger partial charge in [0.1, 0.15) is 0 Å². The first-order chi connectivity index (χ1) is 8.82. The quantitative estimate of drug-likeness (QED) is 0.813. The standard InChI is InChI=1S/C13H25F3N2O/c1-3-11-9-19-8-7-18(11)12(2,10-17)5-4-6-13(14,15)16/h11H,3-10,17H2,1-2H3. The Morgan fingerprint density at radius 3 is 2.53 bits per heavy atom. The van der Waals surface area contributed by atoms with Crippen molar-refractivity contribution in [2.45, 2.75) is 57.3 Å². The summed E-state index contributed by atoms with van der Waals surface area (Å²) in [6.07, 6.45) is -3.28. The van der Waals surface area contributed by atoms with E-state index in [0.29, 0.717) is 26.2 Å². The van der Waals surface area contributed by atoms with E-state index in [2.05, 4.69) is 11.8 Å². The fraction of sp³-hybridized carbons (Fsp3) is 1.00. The molecule has 0 amide bonds. The van der Waals surface area contributed by atoms with Crippen LogP contribution in [0.1, 0.15) is 39.5 Å². The highest BCUT2D eigenvalue weighted by atomic mass is 19.4. The Morgan fingerprint density at radius 1 is 1.32 bits per heavy atom. The van der Waals surface area contributed by atoms with Crippen molar-refractivity contribution >= 4 is 0 Å². The number of hydrogen-bond donors (Lipinski definition) is 1. The van der Waals surface area contributed by atoms with Gasteiger partial charge in [0.05, 0.1) is 13.2 Å². The number of hydrogen-bond acceptors (Lipinski definition) is 3. The Balaban J connectivity index is 2.61. The molecule has 1 heterocycles. The lowest BCUT2D eigenvalue weighted by Crippen LogP contribution is -2.60. The van der Waals surface area contributed by atoms with Crippen molar-refractivity contribution in [2.75, 3.05) is 26.3 Å². The Morgan fingerprint density at radius 2 is 2.00 bits per heavy atom. The monoisotopic (exact) mass is 282 g/mol. The molecule has 0 spiro atoms. The van der Waals surface area contributed by atoms with Gasteiger partial charge in [-0.2, -0.15) is 13.2 Å². The van der Waals surface area contributed by atoms with Crippen LogP contribution in [0.25, 0.3) is 0 Å². The van der Waals surface area contributed by atoms with Crippen molar-refractivity contribution in [1.82, 2.24) is 4.90 Å². The van der Waals surface area contributed by atoms with E-state index in [-0.39, 0.29) is 18.0 Å². The van der Waals surface area contributed by atoms with E-state index in [1.807, 2.05) is 6.92 Å². The summed E-state index contributed by atoms with van der Waals surface area (Å²) in [6, 6.07) is 0.258. The summed E-state index contributed by atoms with van der Waals surface area (Å²) in [7, 11) is 0. The van der Waals surface area contributed by atoms with Gasteiger partial charge in [-0.25, -0.2) is 0 Å². The minimum atomic E-state index is -4.08. The van der Waals surface area contributed by atoms with Gasteiger partial charge in [-0.1, -0.05) is 6.92 Å². The van der Waals surface area contributed by atoms with Crippen LogP contribution in [-0.2, 0) is 4.74 Å². The molecule has 0 aromatic heterocycles. The zero-order valence-electron chi connectivity index (χ0n) is 11.8. The summed E-state index contributed by atoms with van der Waals surface area (Å²) < 4.78 is 42.2. The van der Waals surface area contributed by atoms with Gasteiger partial charge in [-0.3, -0.25) is 4.90 Å². The number of nitrogens with zero attached hydrogens (tertiary/aromatic N) is 1. The zero-order chi connectivity index (χ0) is 14.5. The van der Waals surface area contributed by atoms with Crippen molar-refractivity contribution in [3.8, 4) is 0 Å². The first-order valence-corrected chi connectivity index (χ1v) is 6.93. The van der Waals surface area contributed by atoms with Gasteiger partial charge in [0.15, 0.2) is 0 Å². The smallest absolute Gasteiger partial charge is 0.378 e. The van der Waals surface area contributed by atoms with Crippen molar-refractivity contribution < 1.29 is 17.9 Å². The van der Waals surface area contributed by atoms with Crippen molar-refractivity contribution in [2.24, 2.45) is 5.73 Å².